The number of aromatic hydroxyl groups is 1. The van der Waals surface area contributed by atoms with Crippen LogP contribution in [-0.4, -0.2) is 23.1 Å². The molecular formula is C12H15FN2O2. The average Bonchev–Trinajstić information content (AvgIpc) is 2.23. The van der Waals surface area contributed by atoms with Crippen LogP contribution in [0, 0.1) is 5.82 Å². The first-order valence-electron chi connectivity index (χ1n) is 5.58. The van der Waals surface area contributed by atoms with Crippen molar-refractivity contribution in [3.63, 3.8) is 0 Å². The second-order valence-electron chi connectivity index (χ2n) is 4.43. The molecule has 0 aromatic heterocycles. The highest BCUT2D eigenvalue weighted by Crippen LogP contribution is 2.31. The Bertz CT molecular complexity index is 418. The highest BCUT2D eigenvalue weighted by atomic mass is 19.1. The van der Waals surface area contributed by atoms with Crippen LogP contribution in [0.25, 0.3) is 0 Å². The van der Waals surface area contributed by atoms with Gasteiger partial charge in [0.1, 0.15) is 17.1 Å². The van der Waals surface area contributed by atoms with Crippen LogP contribution in [0.1, 0.15) is 29.6 Å². The molecule has 17 heavy (non-hydrogen) atoms. The van der Waals surface area contributed by atoms with E-state index in [0.29, 0.717) is 6.54 Å². The molecule has 1 aliphatic carbocycles. The van der Waals surface area contributed by atoms with E-state index in [-0.39, 0.29) is 11.3 Å². The van der Waals surface area contributed by atoms with E-state index in [1.54, 1.807) is 0 Å². The lowest BCUT2D eigenvalue weighted by Gasteiger charge is -2.41. The molecule has 0 saturated heterocycles. The Kier molecular flexibility index (Phi) is 3.02. The number of carbonyl (C=O) groups is 1. The van der Waals surface area contributed by atoms with Crippen molar-refractivity contribution in [2.24, 2.45) is 5.73 Å². The Balaban J connectivity index is 2.20. The number of rotatable bonds is 3. The van der Waals surface area contributed by atoms with Gasteiger partial charge >= 0.3 is 0 Å². The average molecular weight is 238 g/mol. The van der Waals surface area contributed by atoms with Crippen LogP contribution in [0.15, 0.2) is 18.2 Å². The summed E-state index contributed by atoms with van der Waals surface area (Å²) in [4.78, 5) is 11.9. The lowest BCUT2D eigenvalue weighted by Crippen LogP contribution is -2.58. The van der Waals surface area contributed by atoms with Crippen LogP contribution in [0.4, 0.5) is 4.39 Å². The van der Waals surface area contributed by atoms with Crippen LogP contribution >= 0.6 is 0 Å². The van der Waals surface area contributed by atoms with Gasteiger partial charge in [-0.1, -0.05) is 6.07 Å². The molecule has 2 rings (SSSR count). The molecule has 1 amide bonds. The Morgan fingerprint density at radius 2 is 2.24 bits per heavy atom. The molecule has 0 spiro atoms. The fraction of sp³-hybridized carbons (Fsp3) is 0.417. The predicted molar refractivity (Wildman–Crippen MR) is 61.2 cm³/mol. The van der Waals surface area contributed by atoms with Crippen molar-refractivity contribution in [3.05, 3.63) is 29.6 Å². The van der Waals surface area contributed by atoms with Crippen molar-refractivity contribution in [3.8, 4) is 5.75 Å². The Hall–Kier alpha value is -1.62. The minimum absolute atomic E-state index is 0.313. The van der Waals surface area contributed by atoms with E-state index in [0.717, 1.165) is 25.3 Å². The van der Waals surface area contributed by atoms with Gasteiger partial charge in [-0.25, -0.2) is 4.39 Å². The third kappa shape index (κ3) is 2.10. The highest BCUT2D eigenvalue weighted by molar-refractivity contribution is 5.97. The summed E-state index contributed by atoms with van der Waals surface area (Å²) >= 11 is 0. The molecule has 4 nitrogen and oxygen atoms in total. The molecule has 0 atom stereocenters. The topological polar surface area (TPSA) is 75.3 Å². The molecule has 92 valence electrons. The molecule has 1 aromatic carbocycles. The summed E-state index contributed by atoms with van der Waals surface area (Å²) in [6.45, 7) is 0.327. The summed E-state index contributed by atoms with van der Waals surface area (Å²) in [5.41, 5.74) is 4.86. The number of nitrogens with one attached hydrogen (secondary N) is 1. The second-order valence-corrected chi connectivity index (χ2v) is 4.43. The van der Waals surface area contributed by atoms with Gasteiger partial charge in [0, 0.05) is 6.54 Å². The van der Waals surface area contributed by atoms with Crippen LogP contribution < -0.4 is 11.1 Å². The summed E-state index contributed by atoms with van der Waals surface area (Å²) in [7, 11) is 0. The van der Waals surface area contributed by atoms with Gasteiger partial charge < -0.3 is 16.2 Å². The summed E-state index contributed by atoms with van der Waals surface area (Å²) in [5.74, 6) is -1.69. The van der Waals surface area contributed by atoms with Crippen LogP contribution in [0.2, 0.25) is 0 Å². The fourth-order valence-corrected chi connectivity index (χ4v) is 2.02. The summed E-state index contributed by atoms with van der Waals surface area (Å²) in [5, 5.41) is 12.2. The zero-order valence-corrected chi connectivity index (χ0v) is 9.37. The second kappa shape index (κ2) is 4.33. The van der Waals surface area contributed by atoms with Gasteiger partial charge in [-0.2, -0.15) is 0 Å². The fourth-order valence-electron chi connectivity index (χ4n) is 2.02. The normalized spacial score (nSPS) is 17.3. The molecule has 1 aromatic rings. The smallest absolute Gasteiger partial charge is 0.258 e. The lowest BCUT2D eigenvalue weighted by molar-refractivity contribution is 0.0830. The SMILES string of the molecule is NCC1(NC(=O)c2c(O)cccc2F)CCC1. The molecule has 0 bridgehead atoms. The first-order chi connectivity index (χ1) is 8.08. The van der Waals surface area contributed by atoms with Crippen molar-refractivity contribution in [2.75, 3.05) is 6.54 Å². The van der Waals surface area contributed by atoms with Crippen molar-refractivity contribution < 1.29 is 14.3 Å². The number of phenolic OH excluding ortho intramolecular Hbond substituents is 1. The van der Waals surface area contributed by atoms with Crippen molar-refractivity contribution >= 4 is 5.91 Å². The van der Waals surface area contributed by atoms with E-state index in [9.17, 15) is 14.3 Å². The first-order valence-corrected chi connectivity index (χ1v) is 5.58. The third-order valence-corrected chi connectivity index (χ3v) is 3.30. The number of benzene rings is 1. The summed E-state index contributed by atoms with van der Waals surface area (Å²) < 4.78 is 13.4. The van der Waals surface area contributed by atoms with E-state index >= 15 is 0 Å². The molecular weight excluding hydrogens is 223 g/mol. The molecule has 1 saturated carbocycles. The number of phenols is 1. The lowest BCUT2D eigenvalue weighted by atomic mass is 9.76. The number of hydrogen-bond acceptors (Lipinski definition) is 3. The first kappa shape index (κ1) is 11.9. The molecule has 0 aliphatic heterocycles. The number of carbonyl (C=O) groups excluding carboxylic acids is 1. The Morgan fingerprint density at radius 1 is 1.53 bits per heavy atom. The number of hydrogen-bond donors (Lipinski definition) is 3. The maximum atomic E-state index is 13.4. The zero-order valence-electron chi connectivity index (χ0n) is 9.37. The van der Waals surface area contributed by atoms with E-state index in [2.05, 4.69) is 5.32 Å². The minimum Gasteiger partial charge on any atom is -0.507 e. The monoisotopic (exact) mass is 238 g/mol. The third-order valence-electron chi connectivity index (χ3n) is 3.30. The van der Waals surface area contributed by atoms with Gasteiger partial charge in [0.25, 0.3) is 5.91 Å². The highest BCUT2D eigenvalue weighted by Gasteiger charge is 2.37. The molecule has 0 unspecified atom stereocenters. The number of halogens is 1. The van der Waals surface area contributed by atoms with Gasteiger partial charge in [0.05, 0.1) is 5.54 Å². The van der Waals surface area contributed by atoms with Gasteiger partial charge in [-0.15, -0.1) is 0 Å². The Morgan fingerprint density at radius 3 is 2.71 bits per heavy atom. The van der Waals surface area contributed by atoms with E-state index < -0.39 is 17.3 Å². The van der Waals surface area contributed by atoms with Crippen molar-refractivity contribution in [1.29, 1.82) is 0 Å². The quantitative estimate of drug-likeness (QED) is 0.739. The summed E-state index contributed by atoms with van der Waals surface area (Å²) in [6.07, 6.45) is 2.59. The van der Waals surface area contributed by atoms with Crippen molar-refractivity contribution in [2.45, 2.75) is 24.8 Å². The Labute approximate surface area is 98.6 Å². The van der Waals surface area contributed by atoms with Gasteiger partial charge in [-0.05, 0) is 31.4 Å². The molecule has 4 N–H and O–H groups in total. The maximum absolute atomic E-state index is 13.4. The zero-order chi connectivity index (χ0) is 12.5. The van der Waals surface area contributed by atoms with Gasteiger partial charge in [0.2, 0.25) is 0 Å². The van der Waals surface area contributed by atoms with Crippen LogP contribution in [0.3, 0.4) is 0 Å². The predicted octanol–water partition coefficient (Wildman–Crippen LogP) is 1.14. The molecule has 0 heterocycles. The molecule has 5 heteroatoms. The van der Waals surface area contributed by atoms with Gasteiger partial charge in [0.15, 0.2) is 0 Å². The largest absolute Gasteiger partial charge is 0.507 e. The van der Waals surface area contributed by atoms with Crippen LogP contribution in [0.5, 0.6) is 5.75 Å². The molecule has 1 aliphatic rings. The van der Waals surface area contributed by atoms with E-state index in [4.69, 9.17) is 5.73 Å². The number of amides is 1. The van der Waals surface area contributed by atoms with Gasteiger partial charge in [-0.3, -0.25) is 4.79 Å². The maximum Gasteiger partial charge on any atom is 0.258 e. The minimum atomic E-state index is -0.728. The number of nitrogens with two attached hydrogens (primary N) is 1. The molecule has 0 radical (unpaired) electrons. The summed E-state index contributed by atoms with van der Waals surface area (Å²) in [6, 6.07) is 3.78. The van der Waals surface area contributed by atoms with E-state index in [1.165, 1.54) is 12.1 Å². The van der Waals surface area contributed by atoms with E-state index in [1.807, 2.05) is 0 Å². The standard InChI is InChI=1S/C12H15FN2O2/c13-8-3-1-4-9(16)10(8)11(17)15-12(7-14)5-2-6-12/h1,3-4,16H,2,5-7,14H2,(H,15,17). The van der Waals surface area contributed by atoms with Crippen LogP contribution in [-0.2, 0) is 0 Å². The van der Waals surface area contributed by atoms with Crippen molar-refractivity contribution in [1.82, 2.24) is 5.32 Å². The molecule has 1 fully saturated rings.